The van der Waals surface area contributed by atoms with E-state index in [4.69, 9.17) is 9.47 Å². The quantitative estimate of drug-likeness (QED) is 0.842. The van der Waals surface area contributed by atoms with Crippen LogP contribution in [0.25, 0.3) is 0 Å². The number of ether oxygens (including phenoxy) is 2. The Kier molecular flexibility index (Phi) is 3.37. The predicted molar refractivity (Wildman–Crippen MR) is 83.5 cm³/mol. The standard InChI is InChI=1S/C18H23NO3/c1-21-17-8-11-6-7-19-14-5-3-4-12(14)16(20)10-15(19)13(11)9-18(17)22-2/h8-9,12,14-15H,3-7,10H2,1-2H3/t12-,14+,15-/m1/s1. The van der Waals surface area contributed by atoms with Gasteiger partial charge in [-0.1, -0.05) is 6.42 Å². The van der Waals surface area contributed by atoms with Crippen molar-refractivity contribution in [3.05, 3.63) is 23.3 Å². The summed E-state index contributed by atoms with van der Waals surface area (Å²) in [6.07, 6.45) is 5.15. The normalized spacial score (nSPS) is 30.5. The number of Topliss-reactive ketones (excluding diaryl/α,β-unsaturated/α-hetero) is 1. The van der Waals surface area contributed by atoms with Gasteiger partial charge in [-0.15, -0.1) is 0 Å². The maximum atomic E-state index is 12.5. The van der Waals surface area contributed by atoms with Crippen molar-refractivity contribution >= 4 is 5.78 Å². The second kappa shape index (κ2) is 5.27. The van der Waals surface area contributed by atoms with Crippen molar-refractivity contribution in [3.8, 4) is 11.5 Å². The molecule has 22 heavy (non-hydrogen) atoms. The van der Waals surface area contributed by atoms with Gasteiger partial charge in [0.15, 0.2) is 11.5 Å². The van der Waals surface area contributed by atoms with Gasteiger partial charge < -0.3 is 9.47 Å². The van der Waals surface area contributed by atoms with E-state index in [0.29, 0.717) is 18.2 Å². The minimum absolute atomic E-state index is 0.232. The number of carbonyl (C=O) groups excluding carboxylic acids is 1. The number of benzene rings is 1. The molecule has 1 aromatic rings. The molecule has 0 N–H and O–H groups in total. The summed E-state index contributed by atoms with van der Waals surface area (Å²) in [5.41, 5.74) is 2.57. The largest absolute Gasteiger partial charge is 0.493 e. The van der Waals surface area contributed by atoms with E-state index in [2.05, 4.69) is 17.0 Å². The summed E-state index contributed by atoms with van der Waals surface area (Å²) in [5, 5.41) is 0. The second-order valence-corrected chi connectivity index (χ2v) is 6.68. The minimum atomic E-state index is 0.232. The van der Waals surface area contributed by atoms with E-state index in [1.54, 1.807) is 14.2 Å². The number of fused-ring (bicyclic) bond motifs is 5. The lowest BCUT2D eigenvalue weighted by atomic mass is 9.79. The first kappa shape index (κ1) is 14.1. The maximum Gasteiger partial charge on any atom is 0.161 e. The fourth-order valence-corrected chi connectivity index (χ4v) is 4.73. The van der Waals surface area contributed by atoms with Crippen LogP contribution >= 0.6 is 0 Å². The van der Waals surface area contributed by atoms with Crippen molar-refractivity contribution in [1.82, 2.24) is 4.90 Å². The molecule has 0 bridgehead atoms. The molecule has 0 aromatic heterocycles. The summed E-state index contributed by atoms with van der Waals surface area (Å²) in [6.45, 7) is 1.06. The highest BCUT2D eigenvalue weighted by Crippen LogP contribution is 2.47. The Morgan fingerprint density at radius 1 is 1.14 bits per heavy atom. The van der Waals surface area contributed by atoms with Gasteiger partial charge in [0.2, 0.25) is 0 Å². The zero-order valence-corrected chi connectivity index (χ0v) is 13.3. The topological polar surface area (TPSA) is 38.8 Å². The monoisotopic (exact) mass is 301 g/mol. The van der Waals surface area contributed by atoms with E-state index in [-0.39, 0.29) is 12.0 Å². The molecule has 4 heteroatoms. The highest BCUT2D eigenvalue weighted by molar-refractivity contribution is 5.84. The molecule has 3 atom stereocenters. The molecule has 0 amide bonds. The van der Waals surface area contributed by atoms with Gasteiger partial charge in [-0.2, -0.15) is 0 Å². The number of nitrogens with zero attached hydrogens (tertiary/aromatic N) is 1. The van der Waals surface area contributed by atoms with Crippen molar-refractivity contribution in [1.29, 1.82) is 0 Å². The molecule has 2 aliphatic heterocycles. The fraction of sp³-hybridized carbons (Fsp3) is 0.611. The SMILES string of the molecule is COc1cc2c(cc1OC)[C@H]1CC(=O)[C@@H]3CCC[C@@H]3N1CC2. The Balaban J connectivity index is 1.75. The molecule has 4 nitrogen and oxygen atoms in total. The van der Waals surface area contributed by atoms with Gasteiger partial charge in [0.05, 0.1) is 14.2 Å². The summed E-state index contributed by atoms with van der Waals surface area (Å²) >= 11 is 0. The van der Waals surface area contributed by atoms with Crippen molar-refractivity contribution in [3.63, 3.8) is 0 Å². The van der Waals surface area contributed by atoms with Crippen molar-refractivity contribution < 1.29 is 14.3 Å². The van der Waals surface area contributed by atoms with E-state index in [9.17, 15) is 4.79 Å². The number of hydrogen-bond donors (Lipinski definition) is 0. The van der Waals surface area contributed by atoms with Crippen LogP contribution in [0, 0.1) is 5.92 Å². The molecule has 2 heterocycles. The molecule has 0 spiro atoms. The van der Waals surface area contributed by atoms with Crippen molar-refractivity contribution in [2.45, 2.75) is 44.2 Å². The van der Waals surface area contributed by atoms with Crippen LogP contribution in [-0.2, 0) is 11.2 Å². The molecule has 1 aliphatic carbocycles. The molecule has 4 rings (SSSR count). The van der Waals surface area contributed by atoms with Crippen LogP contribution in [0.15, 0.2) is 12.1 Å². The number of rotatable bonds is 2. The molecule has 1 aromatic carbocycles. The minimum Gasteiger partial charge on any atom is -0.493 e. The number of methoxy groups -OCH3 is 2. The van der Waals surface area contributed by atoms with E-state index < -0.39 is 0 Å². The lowest BCUT2D eigenvalue weighted by Gasteiger charge is -2.46. The lowest BCUT2D eigenvalue weighted by Crippen LogP contribution is -2.51. The summed E-state index contributed by atoms with van der Waals surface area (Å²) < 4.78 is 10.9. The molecular weight excluding hydrogens is 278 g/mol. The Labute approximate surface area is 131 Å². The zero-order valence-electron chi connectivity index (χ0n) is 13.3. The molecule has 1 saturated heterocycles. The van der Waals surface area contributed by atoms with Crippen LogP contribution in [0.5, 0.6) is 11.5 Å². The van der Waals surface area contributed by atoms with Gasteiger partial charge in [0, 0.05) is 31.0 Å². The average Bonchev–Trinajstić information content (AvgIpc) is 3.04. The first-order chi connectivity index (χ1) is 10.7. The summed E-state index contributed by atoms with van der Waals surface area (Å²) in [6, 6.07) is 4.88. The van der Waals surface area contributed by atoms with Crippen molar-refractivity contribution in [2.75, 3.05) is 20.8 Å². The van der Waals surface area contributed by atoms with E-state index in [0.717, 1.165) is 30.9 Å². The van der Waals surface area contributed by atoms with E-state index >= 15 is 0 Å². The second-order valence-electron chi connectivity index (χ2n) is 6.68. The van der Waals surface area contributed by atoms with Gasteiger partial charge in [0.1, 0.15) is 5.78 Å². The Bertz CT molecular complexity index is 613. The zero-order chi connectivity index (χ0) is 15.3. The van der Waals surface area contributed by atoms with Gasteiger partial charge in [0.25, 0.3) is 0 Å². The van der Waals surface area contributed by atoms with Crippen LogP contribution in [0.4, 0.5) is 0 Å². The average molecular weight is 301 g/mol. The smallest absolute Gasteiger partial charge is 0.161 e. The molecule has 1 saturated carbocycles. The highest BCUT2D eigenvalue weighted by Gasteiger charge is 2.46. The maximum absolute atomic E-state index is 12.5. The van der Waals surface area contributed by atoms with E-state index in [1.807, 2.05) is 0 Å². The molecular formula is C18H23NO3. The first-order valence-electron chi connectivity index (χ1n) is 8.26. The number of hydrogen-bond acceptors (Lipinski definition) is 4. The van der Waals surface area contributed by atoms with Gasteiger partial charge >= 0.3 is 0 Å². The third kappa shape index (κ3) is 1.97. The van der Waals surface area contributed by atoms with Crippen LogP contribution < -0.4 is 9.47 Å². The highest BCUT2D eigenvalue weighted by atomic mass is 16.5. The van der Waals surface area contributed by atoms with Gasteiger partial charge in [-0.3, -0.25) is 9.69 Å². The molecule has 3 aliphatic rings. The summed E-state index contributed by atoms with van der Waals surface area (Å²) in [7, 11) is 3.34. The number of carbonyl (C=O) groups is 1. The lowest BCUT2D eigenvalue weighted by molar-refractivity contribution is -0.131. The summed E-state index contributed by atoms with van der Waals surface area (Å²) in [5.74, 6) is 2.31. The van der Waals surface area contributed by atoms with Crippen LogP contribution in [0.1, 0.15) is 42.9 Å². The Morgan fingerprint density at radius 2 is 1.91 bits per heavy atom. The molecule has 2 fully saturated rings. The van der Waals surface area contributed by atoms with Crippen LogP contribution in [-0.4, -0.2) is 37.5 Å². The van der Waals surface area contributed by atoms with E-state index in [1.165, 1.54) is 24.0 Å². The summed E-state index contributed by atoms with van der Waals surface area (Å²) in [4.78, 5) is 15.1. The van der Waals surface area contributed by atoms with Crippen LogP contribution in [0.2, 0.25) is 0 Å². The molecule has 118 valence electrons. The Morgan fingerprint density at radius 3 is 2.68 bits per heavy atom. The third-order valence-corrected chi connectivity index (χ3v) is 5.76. The molecule has 0 radical (unpaired) electrons. The predicted octanol–water partition coefficient (Wildman–Crippen LogP) is 2.74. The first-order valence-corrected chi connectivity index (χ1v) is 8.26. The van der Waals surface area contributed by atoms with Crippen LogP contribution in [0.3, 0.4) is 0 Å². The number of ketones is 1. The van der Waals surface area contributed by atoms with Gasteiger partial charge in [-0.05, 0) is 42.5 Å². The third-order valence-electron chi connectivity index (χ3n) is 5.76. The number of piperidine rings is 1. The Hall–Kier alpha value is -1.55. The van der Waals surface area contributed by atoms with Gasteiger partial charge in [-0.25, -0.2) is 0 Å². The molecule has 0 unspecified atom stereocenters. The fourth-order valence-electron chi connectivity index (χ4n) is 4.73. The van der Waals surface area contributed by atoms with Crippen molar-refractivity contribution in [2.24, 2.45) is 5.92 Å².